The Balaban J connectivity index is 1.62. The van der Waals surface area contributed by atoms with Crippen molar-refractivity contribution in [3.8, 4) is 0 Å². The second-order valence-electron chi connectivity index (χ2n) is 5.49. The van der Waals surface area contributed by atoms with Gasteiger partial charge in [0, 0.05) is 11.6 Å². The predicted octanol–water partition coefficient (Wildman–Crippen LogP) is 3.69. The summed E-state index contributed by atoms with van der Waals surface area (Å²) in [6.07, 6.45) is -1.24. The van der Waals surface area contributed by atoms with Gasteiger partial charge >= 0.3 is 6.18 Å². The fraction of sp³-hybridized carbons (Fsp3) is 0.500. The van der Waals surface area contributed by atoms with Gasteiger partial charge in [0.15, 0.2) is 0 Å². The highest BCUT2D eigenvalue weighted by Crippen LogP contribution is 2.54. The fourth-order valence-electron chi connectivity index (χ4n) is 2.92. The molecule has 0 aromatic heterocycles. The molecule has 19 heavy (non-hydrogen) atoms. The Bertz CT molecular complexity index is 484. The van der Waals surface area contributed by atoms with Crippen molar-refractivity contribution >= 4 is 11.6 Å². The van der Waals surface area contributed by atoms with Crippen LogP contribution in [0, 0.1) is 17.8 Å². The van der Waals surface area contributed by atoms with Gasteiger partial charge in [-0.05, 0) is 55.4 Å². The number of hydrogen-bond donors (Lipinski definition) is 1. The lowest BCUT2D eigenvalue weighted by Crippen LogP contribution is -2.21. The van der Waals surface area contributed by atoms with Crippen molar-refractivity contribution < 1.29 is 18.0 Å². The molecule has 2 saturated carbocycles. The lowest BCUT2D eigenvalue weighted by Gasteiger charge is -2.13. The molecule has 3 rings (SSSR count). The van der Waals surface area contributed by atoms with Gasteiger partial charge in [0.25, 0.3) is 0 Å². The van der Waals surface area contributed by atoms with Crippen LogP contribution in [-0.2, 0) is 11.0 Å². The molecule has 1 aromatic carbocycles. The van der Waals surface area contributed by atoms with Crippen LogP contribution in [0.15, 0.2) is 24.3 Å². The number of benzene rings is 1. The number of rotatable bonds is 2. The fourth-order valence-corrected chi connectivity index (χ4v) is 2.92. The molecule has 0 bridgehead atoms. The number of carbonyl (C=O) groups excluding carboxylic acids is 1. The quantitative estimate of drug-likeness (QED) is 0.871. The standard InChI is InChI=1S/C14H14F3NO/c15-14(16,17)11-1-3-12(4-2-11)18-13(19)10-6-8-5-9(8)7-10/h1-4,8-10H,5-7H2,(H,18,19). The van der Waals surface area contributed by atoms with E-state index in [0.717, 1.165) is 25.0 Å². The molecule has 0 aliphatic heterocycles. The van der Waals surface area contributed by atoms with Crippen molar-refractivity contribution in [1.82, 2.24) is 0 Å². The van der Waals surface area contributed by atoms with E-state index in [9.17, 15) is 18.0 Å². The topological polar surface area (TPSA) is 29.1 Å². The smallest absolute Gasteiger partial charge is 0.326 e. The SMILES string of the molecule is O=C(Nc1ccc(C(F)(F)F)cc1)C1CC2CC2C1. The minimum absolute atomic E-state index is 0.0334. The summed E-state index contributed by atoms with van der Waals surface area (Å²) in [6.45, 7) is 0. The van der Waals surface area contributed by atoms with Crippen LogP contribution < -0.4 is 5.32 Å². The van der Waals surface area contributed by atoms with Crippen LogP contribution in [0.4, 0.5) is 18.9 Å². The van der Waals surface area contributed by atoms with Gasteiger partial charge in [0.1, 0.15) is 0 Å². The van der Waals surface area contributed by atoms with Crippen molar-refractivity contribution in [2.75, 3.05) is 5.32 Å². The number of amides is 1. The maximum Gasteiger partial charge on any atom is 0.416 e. The number of hydrogen-bond acceptors (Lipinski definition) is 1. The van der Waals surface area contributed by atoms with E-state index in [2.05, 4.69) is 5.32 Å². The molecule has 2 fully saturated rings. The van der Waals surface area contributed by atoms with Crippen molar-refractivity contribution in [2.24, 2.45) is 17.8 Å². The molecule has 2 aliphatic rings. The zero-order valence-electron chi connectivity index (χ0n) is 10.2. The van der Waals surface area contributed by atoms with Gasteiger partial charge < -0.3 is 5.32 Å². The average Bonchev–Trinajstić information content (AvgIpc) is 2.95. The van der Waals surface area contributed by atoms with Gasteiger partial charge in [0.05, 0.1) is 5.56 Å². The van der Waals surface area contributed by atoms with E-state index < -0.39 is 11.7 Å². The van der Waals surface area contributed by atoms with Gasteiger partial charge in [-0.1, -0.05) is 0 Å². The largest absolute Gasteiger partial charge is 0.416 e. The van der Waals surface area contributed by atoms with E-state index >= 15 is 0 Å². The van der Waals surface area contributed by atoms with Crippen LogP contribution in [0.3, 0.4) is 0 Å². The summed E-state index contributed by atoms with van der Waals surface area (Å²) in [5, 5.41) is 2.70. The molecule has 2 aliphatic carbocycles. The van der Waals surface area contributed by atoms with E-state index in [4.69, 9.17) is 0 Å². The zero-order chi connectivity index (χ0) is 13.6. The Labute approximate surface area is 109 Å². The Hall–Kier alpha value is -1.52. The Morgan fingerprint density at radius 2 is 1.63 bits per heavy atom. The molecule has 102 valence electrons. The van der Waals surface area contributed by atoms with Crippen LogP contribution in [0.1, 0.15) is 24.8 Å². The summed E-state index contributed by atoms with van der Waals surface area (Å²) in [6, 6.07) is 4.58. The first-order valence-electron chi connectivity index (χ1n) is 6.41. The molecular weight excluding hydrogens is 255 g/mol. The van der Waals surface area contributed by atoms with Gasteiger partial charge in [0.2, 0.25) is 5.91 Å². The van der Waals surface area contributed by atoms with Crippen LogP contribution in [0.5, 0.6) is 0 Å². The first-order valence-corrected chi connectivity index (χ1v) is 6.41. The summed E-state index contributed by atoms with van der Waals surface area (Å²) in [5.41, 5.74) is -0.272. The number of carbonyl (C=O) groups is 1. The summed E-state index contributed by atoms with van der Waals surface area (Å²) >= 11 is 0. The van der Waals surface area contributed by atoms with Gasteiger partial charge in [-0.3, -0.25) is 4.79 Å². The molecule has 0 radical (unpaired) electrons. The first kappa shape index (κ1) is 12.5. The van der Waals surface area contributed by atoms with Crippen molar-refractivity contribution in [3.63, 3.8) is 0 Å². The molecule has 0 spiro atoms. The normalized spacial score (nSPS) is 28.9. The Morgan fingerprint density at radius 3 is 2.16 bits per heavy atom. The molecule has 2 unspecified atom stereocenters. The molecule has 2 nitrogen and oxygen atoms in total. The highest BCUT2D eigenvalue weighted by Gasteiger charge is 2.47. The molecule has 1 N–H and O–H groups in total. The molecule has 0 saturated heterocycles. The number of nitrogens with one attached hydrogen (secondary N) is 1. The van der Waals surface area contributed by atoms with E-state index in [0.29, 0.717) is 17.5 Å². The third-order valence-corrected chi connectivity index (χ3v) is 4.09. The van der Waals surface area contributed by atoms with Crippen LogP contribution in [-0.4, -0.2) is 5.91 Å². The van der Waals surface area contributed by atoms with Crippen LogP contribution in [0.25, 0.3) is 0 Å². The molecule has 1 aromatic rings. The average molecular weight is 269 g/mol. The maximum absolute atomic E-state index is 12.4. The second kappa shape index (κ2) is 4.25. The highest BCUT2D eigenvalue weighted by atomic mass is 19.4. The van der Waals surface area contributed by atoms with Crippen molar-refractivity contribution in [3.05, 3.63) is 29.8 Å². The predicted molar refractivity (Wildman–Crippen MR) is 64.4 cm³/mol. The monoisotopic (exact) mass is 269 g/mol. The minimum atomic E-state index is -4.34. The highest BCUT2D eigenvalue weighted by molar-refractivity contribution is 5.92. The lowest BCUT2D eigenvalue weighted by atomic mass is 10.0. The van der Waals surface area contributed by atoms with Gasteiger partial charge in [-0.25, -0.2) is 0 Å². The first-order chi connectivity index (χ1) is 8.93. The number of halogens is 3. The number of alkyl halides is 3. The summed E-state index contributed by atoms with van der Waals surface area (Å²) in [7, 11) is 0. The summed E-state index contributed by atoms with van der Waals surface area (Å²) in [5.74, 6) is 1.39. The third kappa shape index (κ3) is 2.60. The molecule has 2 atom stereocenters. The van der Waals surface area contributed by atoms with Gasteiger partial charge in [-0.15, -0.1) is 0 Å². The summed E-state index contributed by atoms with van der Waals surface area (Å²) in [4.78, 5) is 11.9. The van der Waals surface area contributed by atoms with E-state index in [1.54, 1.807) is 0 Å². The van der Waals surface area contributed by atoms with Gasteiger partial charge in [-0.2, -0.15) is 13.2 Å². The molecule has 0 heterocycles. The number of anilines is 1. The molecular formula is C14H14F3NO. The van der Waals surface area contributed by atoms with E-state index in [-0.39, 0.29) is 11.8 Å². The maximum atomic E-state index is 12.4. The Kier molecular flexibility index (Phi) is 2.80. The van der Waals surface area contributed by atoms with E-state index in [1.165, 1.54) is 18.6 Å². The lowest BCUT2D eigenvalue weighted by molar-refractivity contribution is -0.137. The van der Waals surface area contributed by atoms with E-state index in [1.807, 2.05) is 0 Å². The van der Waals surface area contributed by atoms with Crippen LogP contribution in [0.2, 0.25) is 0 Å². The van der Waals surface area contributed by atoms with Crippen molar-refractivity contribution in [1.29, 1.82) is 0 Å². The minimum Gasteiger partial charge on any atom is -0.326 e. The second-order valence-corrected chi connectivity index (χ2v) is 5.49. The van der Waals surface area contributed by atoms with Crippen LogP contribution >= 0.6 is 0 Å². The molecule has 1 amide bonds. The summed E-state index contributed by atoms with van der Waals surface area (Å²) < 4.78 is 37.2. The zero-order valence-corrected chi connectivity index (χ0v) is 10.2. The Morgan fingerprint density at radius 1 is 1.05 bits per heavy atom. The molecule has 5 heteroatoms. The number of fused-ring (bicyclic) bond motifs is 1. The van der Waals surface area contributed by atoms with Crippen molar-refractivity contribution in [2.45, 2.75) is 25.4 Å². The third-order valence-electron chi connectivity index (χ3n) is 4.09.